The maximum Gasteiger partial charge on any atom is 0.254 e. The van der Waals surface area contributed by atoms with Crippen LogP contribution in [0.2, 0.25) is 0 Å². The number of aryl methyl sites for hydroxylation is 1. The molecule has 2 saturated heterocycles. The lowest BCUT2D eigenvalue weighted by molar-refractivity contribution is 0.0680. The normalized spacial score (nSPS) is 25.6. The molecule has 3 nitrogen and oxygen atoms in total. The molecule has 1 N–H and O–H groups in total. The molecular weight excluding hydrogens is 248 g/mol. The van der Waals surface area contributed by atoms with Gasteiger partial charge in [-0.15, -0.1) is 0 Å². The number of amides is 1. The molecule has 2 heterocycles. The molecule has 1 aromatic carbocycles. The third-order valence-corrected chi connectivity index (χ3v) is 4.63. The molecule has 2 fully saturated rings. The fourth-order valence-corrected chi connectivity index (χ4v) is 3.57. The van der Waals surface area contributed by atoms with E-state index in [0.717, 1.165) is 44.3 Å². The molecule has 0 radical (unpaired) electrons. The zero-order chi connectivity index (χ0) is 13.9. The number of nitrogens with zero attached hydrogens (tertiary/aromatic N) is 1. The lowest BCUT2D eigenvalue weighted by atomic mass is 10.1. The van der Waals surface area contributed by atoms with Crippen LogP contribution in [-0.4, -0.2) is 36.0 Å². The summed E-state index contributed by atoms with van der Waals surface area (Å²) in [5.74, 6) is 0.226. The van der Waals surface area contributed by atoms with Crippen molar-refractivity contribution in [2.24, 2.45) is 0 Å². The fraction of sp³-hybridized carbons (Fsp3) is 0.588. The van der Waals surface area contributed by atoms with Crippen molar-refractivity contribution >= 4 is 5.91 Å². The summed E-state index contributed by atoms with van der Waals surface area (Å²) in [6.45, 7) is 4.18. The zero-order valence-corrected chi connectivity index (χ0v) is 12.3. The molecule has 3 heteroatoms. The monoisotopic (exact) mass is 272 g/mol. The highest BCUT2D eigenvalue weighted by Crippen LogP contribution is 2.29. The van der Waals surface area contributed by atoms with Gasteiger partial charge in [0, 0.05) is 24.2 Å². The van der Waals surface area contributed by atoms with E-state index in [2.05, 4.69) is 29.3 Å². The van der Waals surface area contributed by atoms with Crippen LogP contribution in [0.4, 0.5) is 0 Å². The lowest BCUT2D eigenvalue weighted by Crippen LogP contribution is -2.42. The van der Waals surface area contributed by atoms with E-state index in [4.69, 9.17) is 0 Å². The van der Waals surface area contributed by atoms with Gasteiger partial charge in [-0.25, -0.2) is 0 Å². The number of hydrogen-bond acceptors (Lipinski definition) is 2. The number of carbonyl (C=O) groups is 1. The summed E-state index contributed by atoms with van der Waals surface area (Å²) < 4.78 is 0. The highest BCUT2D eigenvalue weighted by atomic mass is 16.2. The Kier molecular flexibility index (Phi) is 4.06. The third kappa shape index (κ3) is 2.59. The van der Waals surface area contributed by atoms with Gasteiger partial charge in [-0.05, 0) is 49.9 Å². The smallest absolute Gasteiger partial charge is 0.254 e. The van der Waals surface area contributed by atoms with Crippen molar-refractivity contribution in [2.45, 2.75) is 51.1 Å². The summed E-state index contributed by atoms with van der Waals surface area (Å²) in [6.07, 6.45) is 5.65. The van der Waals surface area contributed by atoms with E-state index < -0.39 is 0 Å². The minimum atomic E-state index is 0.226. The lowest BCUT2D eigenvalue weighted by Gasteiger charge is -2.28. The van der Waals surface area contributed by atoms with Crippen LogP contribution in [0.25, 0.3) is 0 Å². The molecule has 0 aromatic heterocycles. The maximum atomic E-state index is 12.8. The van der Waals surface area contributed by atoms with Crippen LogP contribution in [0, 0.1) is 0 Å². The van der Waals surface area contributed by atoms with Gasteiger partial charge in [0.05, 0.1) is 0 Å². The van der Waals surface area contributed by atoms with Gasteiger partial charge in [0.1, 0.15) is 0 Å². The van der Waals surface area contributed by atoms with Crippen molar-refractivity contribution in [3.63, 3.8) is 0 Å². The summed E-state index contributed by atoms with van der Waals surface area (Å²) in [6, 6.07) is 9.06. The molecule has 3 rings (SSSR count). The van der Waals surface area contributed by atoms with Crippen molar-refractivity contribution in [2.75, 3.05) is 13.1 Å². The first kappa shape index (κ1) is 13.6. The fourth-order valence-electron chi connectivity index (χ4n) is 3.57. The van der Waals surface area contributed by atoms with Gasteiger partial charge in [-0.2, -0.15) is 0 Å². The van der Waals surface area contributed by atoms with Crippen LogP contribution >= 0.6 is 0 Å². The Hall–Kier alpha value is -1.35. The molecule has 1 aromatic rings. The SMILES string of the molecule is CCCc1ccc(C(=O)N2C3CCNCC2CC3)cc1. The Morgan fingerprint density at radius 2 is 1.95 bits per heavy atom. The molecule has 1 amide bonds. The number of benzene rings is 1. The average Bonchev–Trinajstić information content (AvgIpc) is 2.72. The molecule has 0 saturated carbocycles. The van der Waals surface area contributed by atoms with Gasteiger partial charge < -0.3 is 10.2 Å². The van der Waals surface area contributed by atoms with Gasteiger partial charge in [-0.1, -0.05) is 25.5 Å². The summed E-state index contributed by atoms with van der Waals surface area (Å²) in [5, 5.41) is 3.45. The van der Waals surface area contributed by atoms with E-state index in [9.17, 15) is 4.79 Å². The first-order valence-electron chi connectivity index (χ1n) is 7.92. The van der Waals surface area contributed by atoms with Crippen LogP contribution in [-0.2, 0) is 6.42 Å². The molecule has 0 spiro atoms. The molecule has 0 aliphatic carbocycles. The van der Waals surface area contributed by atoms with Crippen molar-refractivity contribution in [1.82, 2.24) is 10.2 Å². The van der Waals surface area contributed by atoms with Crippen LogP contribution in [0.15, 0.2) is 24.3 Å². The van der Waals surface area contributed by atoms with Crippen molar-refractivity contribution in [3.8, 4) is 0 Å². The Balaban J connectivity index is 1.77. The van der Waals surface area contributed by atoms with E-state index >= 15 is 0 Å². The Morgan fingerprint density at radius 1 is 1.20 bits per heavy atom. The van der Waals surface area contributed by atoms with Gasteiger partial charge >= 0.3 is 0 Å². The minimum Gasteiger partial charge on any atom is -0.331 e. The number of hydrogen-bond donors (Lipinski definition) is 1. The second-order valence-corrected chi connectivity index (χ2v) is 6.04. The molecule has 2 atom stereocenters. The van der Waals surface area contributed by atoms with Crippen molar-refractivity contribution < 1.29 is 4.79 Å². The Bertz CT molecular complexity index is 454. The van der Waals surface area contributed by atoms with E-state index in [1.807, 2.05) is 12.1 Å². The second-order valence-electron chi connectivity index (χ2n) is 6.04. The molecule has 20 heavy (non-hydrogen) atoms. The predicted octanol–water partition coefficient (Wildman–Crippen LogP) is 2.61. The van der Waals surface area contributed by atoms with Crippen LogP contribution in [0.1, 0.15) is 48.5 Å². The highest BCUT2D eigenvalue weighted by Gasteiger charge is 2.38. The van der Waals surface area contributed by atoms with E-state index in [1.54, 1.807) is 0 Å². The van der Waals surface area contributed by atoms with E-state index in [1.165, 1.54) is 12.0 Å². The predicted molar refractivity (Wildman–Crippen MR) is 80.9 cm³/mol. The molecule has 108 valence electrons. The van der Waals surface area contributed by atoms with E-state index in [-0.39, 0.29) is 5.91 Å². The van der Waals surface area contributed by atoms with Gasteiger partial charge in [0.25, 0.3) is 5.91 Å². The molecule has 2 aliphatic heterocycles. The first-order valence-corrected chi connectivity index (χ1v) is 7.92. The number of rotatable bonds is 3. The quantitative estimate of drug-likeness (QED) is 0.917. The Labute approximate surface area is 121 Å². The van der Waals surface area contributed by atoms with Crippen LogP contribution < -0.4 is 5.32 Å². The second kappa shape index (κ2) is 5.96. The third-order valence-electron chi connectivity index (χ3n) is 4.63. The van der Waals surface area contributed by atoms with E-state index in [0.29, 0.717) is 12.1 Å². The highest BCUT2D eigenvalue weighted by molar-refractivity contribution is 5.95. The standard InChI is InChI=1S/C17H24N2O/c1-2-3-13-4-6-14(7-5-13)17(20)19-15-8-9-16(19)12-18-11-10-15/h4-7,15-16,18H,2-3,8-12H2,1H3. The summed E-state index contributed by atoms with van der Waals surface area (Å²) in [4.78, 5) is 14.9. The minimum absolute atomic E-state index is 0.226. The molecule has 2 aliphatic rings. The van der Waals surface area contributed by atoms with Crippen LogP contribution in [0.5, 0.6) is 0 Å². The zero-order valence-electron chi connectivity index (χ0n) is 12.3. The number of nitrogens with one attached hydrogen (secondary N) is 1. The largest absolute Gasteiger partial charge is 0.331 e. The van der Waals surface area contributed by atoms with Gasteiger partial charge in [0.2, 0.25) is 0 Å². The maximum absolute atomic E-state index is 12.8. The van der Waals surface area contributed by atoms with Gasteiger partial charge in [-0.3, -0.25) is 4.79 Å². The van der Waals surface area contributed by atoms with Crippen LogP contribution in [0.3, 0.4) is 0 Å². The summed E-state index contributed by atoms with van der Waals surface area (Å²) in [5.41, 5.74) is 2.17. The summed E-state index contributed by atoms with van der Waals surface area (Å²) in [7, 11) is 0. The van der Waals surface area contributed by atoms with Crippen molar-refractivity contribution in [3.05, 3.63) is 35.4 Å². The van der Waals surface area contributed by atoms with Gasteiger partial charge in [0.15, 0.2) is 0 Å². The number of carbonyl (C=O) groups excluding carboxylic acids is 1. The molecule has 2 unspecified atom stereocenters. The first-order chi connectivity index (χ1) is 9.79. The topological polar surface area (TPSA) is 32.3 Å². The molecule has 2 bridgehead atoms. The average molecular weight is 272 g/mol. The van der Waals surface area contributed by atoms with Crippen molar-refractivity contribution in [1.29, 1.82) is 0 Å². The summed E-state index contributed by atoms with van der Waals surface area (Å²) >= 11 is 0. The molecular formula is C17H24N2O. The number of fused-ring (bicyclic) bond motifs is 2. The Morgan fingerprint density at radius 3 is 2.70 bits per heavy atom.